The van der Waals surface area contributed by atoms with Crippen molar-refractivity contribution < 1.29 is 17.9 Å². The number of hydrogen-bond donors (Lipinski definition) is 0. The van der Waals surface area contributed by atoms with E-state index in [9.17, 15) is 13.2 Å². The second-order valence-corrected chi connectivity index (χ2v) is 4.27. The van der Waals surface area contributed by atoms with Crippen LogP contribution in [0.5, 0.6) is 5.75 Å². The highest BCUT2D eigenvalue weighted by Gasteiger charge is 2.34. The fraction of sp³-hybridized carbons (Fsp3) is 0.182. The fourth-order valence-corrected chi connectivity index (χ4v) is 2.06. The number of pyridine rings is 1. The largest absolute Gasteiger partial charge is 0.495 e. The number of nitrogens with zero attached hydrogens (tertiary/aromatic N) is 1. The Labute approximate surface area is 110 Å². The van der Waals surface area contributed by atoms with Gasteiger partial charge in [0, 0.05) is 11.6 Å². The topological polar surface area (TPSA) is 22.1 Å². The summed E-state index contributed by atoms with van der Waals surface area (Å²) in [6.45, 7) is 0. The van der Waals surface area contributed by atoms with E-state index in [0.29, 0.717) is 6.20 Å². The zero-order chi connectivity index (χ0) is 13.5. The second kappa shape index (κ2) is 4.48. The third-order valence-electron chi connectivity index (χ3n) is 2.38. The standard InChI is InChI=1S/C11H6Cl2F3NO/c1-18-9-2-5-8(3-7(9)12)17-4-6(10(5)13)11(14,15)16/h2-4H,1H3. The van der Waals surface area contributed by atoms with Crippen molar-refractivity contribution >= 4 is 34.1 Å². The molecule has 0 fully saturated rings. The molecule has 0 saturated carbocycles. The summed E-state index contributed by atoms with van der Waals surface area (Å²) < 4.78 is 42.9. The Kier molecular flexibility index (Phi) is 3.29. The summed E-state index contributed by atoms with van der Waals surface area (Å²) in [7, 11) is 1.36. The smallest absolute Gasteiger partial charge is 0.419 e. The molecule has 0 aliphatic carbocycles. The first-order chi connectivity index (χ1) is 8.34. The van der Waals surface area contributed by atoms with Gasteiger partial charge in [-0.3, -0.25) is 4.98 Å². The van der Waals surface area contributed by atoms with Crippen LogP contribution >= 0.6 is 23.2 Å². The number of benzene rings is 1. The Balaban J connectivity index is 2.77. The fourth-order valence-electron chi connectivity index (χ4n) is 1.52. The van der Waals surface area contributed by atoms with Crippen molar-refractivity contribution in [3.05, 3.63) is 33.9 Å². The molecule has 0 aliphatic rings. The maximum atomic E-state index is 12.7. The van der Waals surface area contributed by atoms with Crippen LogP contribution in [0.4, 0.5) is 13.2 Å². The van der Waals surface area contributed by atoms with Crippen LogP contribution in [0, 0.1) is 0 Å². The molecule has 0 amide bonds. The SMILES string of the molecule is COc1cc2c(Cl)c(C(F)(F)F)cnc2cc1Cl. The first-order valence-electron chi connectivity index (χ1n) is 4.73. The molecule has 0 unspecified atom stereocenters. The van der Waals surface area contributed by atoms with Gasteiger partial charge in [0.15, 0.2) is 0 Å². The highest BCUT2D eigenvalue weighted by molar-refractivity contribution is 6.37. The van der Waals surface area contributed by atoms with Crippen LogP contribution in [-0.4, -0.2) is 12.1 Å². The van der Waals surface area contributed by atoms with E-state index >= 15 is 0 Å². The van der Waals surface area contributed by atoms with Gasteiger partial charge in [-0.05, 0) is 12.1 Å². The van der Waals surface area contributed by atoms with Crippen molar-refractivity contribution in [1.29, 1.82) is 0 Å². The molecule has 0 aliphatic heterocycles. The quantitative estimate of drug-likeness (QED) is 0.769. The van der Waals surface area contributed by atoms with Gasteiger partial charge in [-0.15, -0.1) is 0 Å². The first kappa shape index (κ1) is 13.2. The van der Waals surface area contributed by atoms with Gasteiger partial charge in [0.2, 0.25) is 0 Å². The lowest BCUT2D eigenvalue weighted by atomic mass is 10.1. The van der Waals surface area contributed by atoms with E-state index in [1.165, 1.54) is 19.2 Å². The van der Waals surface area contributed by atoms with Gasteiger partial charge < -0.3 is 4.74 Å². The van der Waals surface area contributed by atoms with Crippen LogP contribution in [-0.2, 0) is 6.18 Å². The van der Waals surface area contributed by atoms with E-state index in [1.807, 2.05) is 0 Å². The van der Waals surface area contributed by atoms with Crippen LogP contribution in [0.15, 0.2) is 18.3 Å². The molecule has 2 rings (SSSR count). The summed E-state index contributed by atoms with van der Waals surface area (Å²) in [5.41, 5.74) is -0.708. The third-order valence-corrected chi connectivity index (χ3v) is 3.08. The van der Waals surface area contributed by atoms with Gasteiger partial charge in [-0.2, -0.15) is 13.2 Å². The number of halogens is 5. The number of alkyl halides is 3. The summed E-state index contributed by atoms with van der Waals surface area (Å²) in [5.74, 6) is 0.243. The Morgan fingerprint density at radius 3 is 2.44 bits per heavy atom. The lowest BCUT2D eigenvalue weighted by Gasteiger charge is -2.11. The van der Waals surface area contributed by atoms with E-state index in [-0.39, 0.29) is 21.7 Å². The summed E-state index contributed by atoms with van der Waals surface area (Å²) in [5, 5.41) is -0.0106. The number of hydrogen-bond acceptors (Lipinski definition) is 2. The third kappa shape index (κ3) is 2.20. The zero-order valence-electron chi connectivity index (χ0n) is 8.98. The minimum absolute atomic E-state index is 0.146. The minimum atomic E-state index is -4.55. The molecule has 1 aromatic carbocycles. The van der Waals surface area contributed by atoms with E-state index in [0.717, 1.165) is 0 Å². The normalized spacial score (nSPS) is 11.9. The van der Waals surface area contributed by atoms with Crippen molar-refractivity contribution in [2.45, 2.75) is 6.18 Å². The van der Waals surface area contributed by atoms with Crippen molar-refractivity contribution in [1.82, 2.24) is 4.98 Å². The van der Waals surface area contributed by atoms with Gasteiger partial charge in [0.1, 0.15) is 5.75 Å². The van der Waals surface area contributed by atoms with Crippen molar-refractivity contribution in [3.63, 3.8) is 0 Å². The van der Waals surface area contributed by atoms with Crippen molar-refractivity contribution in [2.24, 2.45) is 0 Å². The number of methoxy groups -OCH3 is 1. The van der Waals surface area contributed by atoms with Gasteiger partial charge in [0.25, 0.3) is 0 Å². The number of rotatable bonds is 1. The highest BCUT2D eigenvalue weighted by atomic mass is 35.5. The zero-order valence-corrected chi connectivity index (χ0v) is 10.5. The maximum Gasteiger partial charge on any atom is 0.419 e. The van der Waals surface area contributed by atoms with E-state index in [2.05, 4.69) is 4.98 Å². The van der Waals surface area contributed by atoms with Crippen molar-refractivity contribution in [3.8, 4) is 5.75 Å². The second-order valence-electron chi connectivity index (χ2n) is 3.49. The molecule has 0 atom stereocenters. The van der Waals surface area contributed by atoms with Gasteiger partial charge in [0.05, 0.1) is 28.2 Å². The van der Waals surface area contributed by atoms with Crippen LogP contribution in [0.1, 0.15) is 5.56 Å². The monoisotopic (exact) mass is 295 g/mol. The van der Waals surface area contributed by atoms with E-state index < -0.39 is 16.8 Å². The molecular weight excluding hydrogens is 290 g/mol. The summed E-state index contributed by atoms with van der Waals surface area (Å²) in [6.07, 6.45) is -3.86. The molecule has 0 N–H and O–H groups in total. The molecule has 1 aromatic heterocycles. The Bertz CT molecular complexity index is 613. The van der Waals surface area contributed by atoms with Gasteiger partial charge >= 0.3 is 6.18 Å². The van der Waals surface area contributed by atoms with E-state index in [1.54, 1.807) is 0 Å². The highest BCUT2D eigenvalue weighted by Crippen LogP contribution is 2.39. The van der Waals surface area contributed by atoms with Crippen LogP contribution in [0.3, 0.4) is 0 Å². The summed E-state index contributed by atoms with van der Waals surface area (Å²) in [4.78, 5) is 3.70. The Morgan fingerprint density at radius 1 is 1.22 bits per heavy atom. The van der Waals surface area contributed by atoms with Crippen LogP contribution in [0.25, 0.3) is 10.9 Å². The molecule has 18 heavy (non-hydrogen) atoms. The molecule has 0 radical (unpaired) electrons. The number of fused-ring (bicyclic) bond motifs is 1. The predicted molar refractivity (Wildman–Crippen MR) is 63.3 cm³/mol. The lowest BCUT2D eigenvalue weighted by Crippen LogP contribution is -2.06. The lowest BCUT2D eigenvalue weighted by molar-refractivity contribution is -0.137. The maximum absolute atomic E-state index is 12.7. The minimum Gasteiger partial charge on any atom is -0.495 e. The molecule has 7 heteroatoms. The van der Waals surface area contributed by atoms with Crippen LogP contribution in [0.2, 0.25) is 10.0 Å². The molecule has 0 saturated heterocycles. The summed E-state index contributed by atoms with van der Waals surface area (Å²) >= 11 is 11.6. The molecule has 0 bridgehead atoms. The van der Waals surface area contributed by atoms with Crippen LogP contribution < -0.4 is 4.74 Å². The van der Waals surface area contributed by atoms with Crippen molar-refractivity contribution in [2.75, 3.05) is 7.11 Å². The molecule has 2 nitrogen and oxygen atoms in total. The van der Waals surface area contributed by atoms with Gasteiger partial charge in [-0.25, -0.2) is 0 Å². The molecule has 1 heterocycles. The van der Waals surface area contributed by atoms with E-state index in [4.69, 9.17) is 27.9 Å². The molecular formula is C11H6Cl2F3NO. The first-order valence-corrected chi connectivity index (χ1v) is 5.49. The summed E-state index contributed by atoms with van der Waals surface area (Å²) in [6, 6.07) is 2.74. The molecule has 0 spiro atoms. The van der Waals surface area contributed by atoms with Gasteiger partial charge in [-0.1, -0.05) is 23.2 Å². The molecule has 96 valence electrons. The number of ether oxygens (including phenoxy) is 1. The molecule has 2 aromatic rings. The average molecular weight is 296 g/mol. The predicted octanol–water partition coefficient (Wildman–Crippen LogP) is 4.57. The Hall–Kier alpha value is -1.20. The average Bonchev–Trinajstić information content (AvgIpc) is 2.27. The Morgan fingerprint density at radius 2 is 1.89 bits per heavy atom. The number of aromatic nitrogens is 1.